The lowest BCUT2D eigenvalue weighted by atomic mass is 9.99. The molecule has 0 radical (unpaired) electrons. The lowest BCUT2D eigenvalue weighted by Gasteiger charge is -2.10. The maximum Gasteiger partial charge on any atom is 0.178 e. The van der Waals surface area contributed by atoms with E-state index in [-0.39, 0.29) is 18.0 Å². The van der Waals surface area contributed by atoms with Crippen molar-refractivity contribution in [1.82, 2.24) is 9.97 Å². The molecular weight excluding hydrogens is 312 g/mol. The second-order valence-corrected chi connectivity index (χ2v) is 5.94. The SMILES string of the molecule is CC(=O)c1ccc(CC(=O)c2cccc(C)c2)c(-c2ccccn2)n1. The first-order valence-corrected chi connectivity index (χ1v) is 8.07. The molecule has 25 heavy (non-hydrogen) atoms. The highest BCUT2D eigenvalue weighted by Gasteiger charge is 2.15. The quantitative estimate of drug-likeness (QED) is 0.661. The molecule has 3 aromatic rings. The van der Waals surface area contributed by atoms with Gasteiger partial charge in [0, 0.05) is 25.1 Å². The summed E-state index contributed by atoms with van der Waals surface area (Å²) in [6.45, 7) is 3.43. The van der Waals surface area contributed by atoms with Crippen molar-refractivity contribution in [1.29, 1.82) is 0 Å². The van der Waals surface area contributed by atoms with Gasteiger partial charge in [0.1, 0.15) is 5.69 Å². The third-order valence-corrected chi connectivity index (χ3v) is 3.94. The van der Waals surface area contributed by atoms with Crippen LogP contribution >= 0.6 is 0 Å². The Hall–Kier alpha value is -3.14. The maximum absolute atomic E-state index is 12.7. The van der Waals surface area contributed by atoms with Crippen molar-refractivity contribution in [3.05, 3.63) is 83.2 Å². The van der Waals surface area contributed by atoms with Crippen LogP contribution in [0.2, 0.25) is 0 Å². The molecule has 0 saturated heterocycles. The van der Waals surface area contributed by atoms with E-state index in [1.54, 1.807) is 18.3 Å². The topological polar surface area (TPSA) is 59.9 Å². The van der Waals surface area contributed by atoms with Gasteiger partial charge < -0.3 is 0 Å². The number of aryl methyl sites for hydroxylation is 1. The molecule has 0 fully saturated rings. The fourth-order valence-electron chi connectivity index (χ4n) is 2.64. The van der Waals surface area contributed by atoms with Gasteiger partial charge >= 0.3 is 0 Å². The zero-order valence-electron chi connectivity index (χ0n) is 14.2. The molecule has 0 bridgehead atoms. The standard InChI is InChI=1S/C21H18N2O2/c1-14-6-5-7-16(12-14)20(25)13-17-9-10-18(15(2)24)23-21(17)19-8-3-4-11-22-19/h3-12H,13H2,1-2H3. The van der Waals surface area contributed by atoms with Crippen LogP contribution in [0.1, 0.15) is 38.9 Å². The summed E-state index contributed by atoms with van der Waals surface area (Å²) in [5.41, 5.74) is 4.07. The monoisotopic (exact) mass is 330 g/mol. The number of aromatic nitrogens is 2. The Morgan fingerprint density at radius 2 is 1.84 bits per heavy atom. The molecule has 1 aromatic carbocycles. The number of Topliss-reactive ketones (excluding diaryl/α,β-unsaturated/α-hetero) is 2. The van der Waals surface area contributed by atoms with E-state index in [1.807, 2.05) is 49.4 Å². The van der Waals surface area contributed by atoms with Crippen LogP contribution in [-0.2, 0) is 6.42 Å². The van der Waals surface area contributed by atoms with Crippen molar-refractivity contribution in [2.75, 3.05) is 0 Å². The molecular formula is C21H18N2O2. The van der Waals surface area contributed by atoms with Crippen molar-refractivity contribution in [3.63, 3.8) is 0 Å². The minimum Gasteiger partial charge on any atom is -0.294 e. The summed E-state index contributed by atoms with van der Waals surface area (Å²) < 4.78 is 0. The molecule has 0 atom stereocenters. The second kappa shape index (κ2) is 7.18. The molecule has 0 unspecified atom stereocenters. The third-order valence-electron chi connectivity index (χ3n) is 3.94. The van der Waals surface area contributed by atoms with Crippen LogP contribution < -0.4 is 0 Å². The minimum absolute atomic E-state index is 0.0123. The van der Waals surface area contributed by atoms with Gasteiger partial charge in [0.25, 0.3) is 0 Å². The molecule has 0 aliphatic rings. The van der Waals surface area contributed by atoms with E-state index >= 15 is 0 Å². The molecule has 0 saturated carbocycles. The van der Waals surface area contributed by atoms with Crippen LogP contribution in [0.3, 0.4) is 0 Å². The van der Waals surface area contributed by atoms with Gasteiger partial charge in [0.15, 0.2) is 11.6 Å². The molecule has 4 nitrogen and oxygen atoms in total. The number of nitrogens with zero attached hydrogens (tertiary/aromatic N) is 2. The van der Waals surface area contributed by atoms with Gasteiger partial charge in [-0.15, -0.1) is 0 Å². The third kappa shape index (κ3) is 3.86. The number of hydrogen-bond donors (Lipinski definition) is 0. The summed E-state index contributed by atoms with van der Waals surface area (Å²) in [4.78, 5) is 33.1. The zero-order valence-corrected chi connectivity index (χ0v) is 14.2. The minimum atomic E-state index is -0.117. The predicted octanol–water partition coefficient (Wildman–Crippen LogP) is 4.08. The largest absolute Gasteiger partial charge is 0.294 e. The highest BCUT2D eigenvalue weighted by molar-refractivity contribution is 5.98. The molecule has 0 N–H and O–H groups in total. The van der Waals surface area contributed by atoms with E-state index < -0.39 is 0 Å². The summed E-state index contributed by atoms with van der Waals surface area (Å²) in [6, 6.07) is 16.5. The number of rotatable bonds is 5. The molecule has 0 spiro atoms. The van der Waals surface area contributed by atoms with Gasteiger partial charge in [-0.3, -0.25) is 14.6 Å². The van der Waals surface area contributed by atoms with E-state index in [0.29, 0.717) is 22.6 Å². The normalized spacial score (nSPS) is 10.5. The first kappa shape index (κ1) is 16.7. The summed E-state index contributed by atoms with van der Waals surface area (Å²) in [7, 11) is 0. The van der Waals surface area contributed by atoms with Crippen molar-refractivity contribution in [2.24, 2.45) is 0 Å². The van der Waals surface area contributed by atoms with Crippen molar-refractivity contribution >= 4 is 11.6 Å². The highest BCUT2D eigenvalue weighted by atomic mass is 16.1. The number of carbonyl (C=O) groups is 2. The summed E-state index contributed by atoms with van der Waals surface area (Å²) in [5, 5.41) is 0. The van der Waals surface area contributed by atoms with Crippen LogP contribution in [0.4, 0.5) is 0 Å². The lowest BCUT2D eigenvalue weighted by molar-refractivity contribution is 0.0991. The smallest absolute Gasteiger partial charge is 0.178 e. The highest BCUT2D eigenvalue weighted by Crippen LogP contribution is 2.22. The molecule has 2 aromatic heterocycles. The molecule has 2 heterocycles. The molecule has 0 aliphatic heterocycles. The van der Waals surface area contributed by atoms with Gasteiger partial charge in [-0.2, -0.15) is 0 Å². The predicted molar refractivity (Wildman–Crippen MR) is 96.7 cm³/mol. The average Bonchev–Trinajstić information content (AvgIpc) is 2.62. The van der Waals surface area contributed by atoms with Gasteiger partial charge in [0.2, 0.25) is 0 Å². The van der Waals surface area contributed by atoms with Crippen LogP contribution in [0.5, 0.6) is 0 Å². The van der Waals surface area contributed by atoms with Gasteiger partial charge in [-0.25, -0.2) is 4.98 Å². The maximum atomic E-state index is 12.7. The Labute approximate surface area is 146 Å². The van der Waals surface area contributed by atoms with Gasteiger partial charge in [0.05, 0.1) is 11.4 Å². The summed E-state index contributed by atoms with van der Waals surface area (Å²) in [6.07, 6.45) is 1.88. The van der Waals surface area contributed by atoms with E-state index in [4.69, 9.17) is 0 Å². The number of benzene rings is 1. The van der Waals surface area contributed by atoms with Crippen LogP contribution in [0, 0.1) is 6.92 Å². The average molecular weight is 330 g/mol. The van der Waals surface area contributed by atoms with Crippen LogP contribution in [0.25, 0.3) is 11.4 Å². The van der Waals surface area contributed by atoms with Crippen molar-refractivity contribution < 1.29 is 9.59 Å². The first-order valence-electron chi connectivity index (χ1n) is 8.07. The first-order chi connectivity index (χ1) is 12.0. The van der Waals surface area contributed by atoms with Crippen LogP contribution in [-0.4, -0.2) is 21.5 Å². The lowest BCUT2D eigenvalue weighted by Crippen LogP contribution is -2.08. The second-order valence-electron chi connectivity index (χ2n) is 5.94. The van der Waals surface area contributed by atoms with E-state index in [2.05, 4.69) is 9.97 Å². The fraction of sp³-hybridized carbons (Fsp3) is 0.143. The van der Waals surface area contributed by atoms with Gasteiger partial charge in [-0.05, 0) is 36.8 Å². The molecule has 124 valence electrons. The Kier molecular flexibility index (Phi) is 4.80. The van der Waals surface area contributed by atoms with Crippen molar-refractivity contribution in [2.45, 2.75) is 20.3 Å². The summed E-state index contributed by atoms with van der Waals surface area (Å²) >= 11 is 0. The molecule has 0 amide bonds. The Bertz CT molecular complexity index is 934. The Morgan fingerprint density at radius 1 is 1.00 bits per heavy atom. The zero-order chi connectivity index (χ0) is 17.8. The summed E-state index contributed by atoms with van der Waals surface area (Å²) in [5.74, 6) is -0.105. The number of pyridine rings is 2. The molecule has 4 heteroatoms. The van der Waals surface area contributed by atoms with E-state index in [0.717, 1.165) is 11.1 Å². The Morgan fingerprint density at radius 3 is 2.52 bits per heavy atom. The fourth-order valence-corrected chi connectivity index (χ4v) is 2.64. The number of hydrogen-bond acceptors (Lipinski definition) is 4. The van der Waals surface area contributed by atoms with Gasteiger partial charge in [-0.1, -0.05) is 35.9 Å². The van der Waals surface area contributed by atoms with Crippen molar-refractivity contribution in [3.8, 4) is 11.4 Å². The Balaban J connectivity index is 2.01. The number of ketones is 2. The molecule has 0 aliphatic carbocycles. The number of carbonyl (C=O) groups excluding carboxylic acids is 2. The molecule has 3 rings (SSSR count). The van der Waals surface area contributed by atoms with E-state index in [1.165, 1.54) is 6.92 Å². The van der Waals surface area contributed by atoms with Crippen LogP contribution in [0.15, 0.2) is 60.8 Å². The van der Waals surface area contributed by atoms with E-state index in [9.17, 15) is 9.59 Å².